The van der Waals surface area contributed by atoms with E-state index in [0.29, 0.717) is 43.1 Å². The lowest BCUT2D eigenvalue weighted by Gasteiger charge is -2.15. The summed E-state index contributed by atoms with van der Waals surface area (Å²) >= 11 is 5.70. The second kappa shape index (κ2) is 15.7. The third-order valence-electron chi connectivity index (χ3n) is 5.07. The minimum absolute atomic E-state index is 0.00173. The molecule has 13 heteroatoms. The number of carbonyl (C=O) groups is 1. The Morgan fingerprint density at radius 3 is 2.79 bits per heavy atom. The van der Waals surface area contributed by atoms with Crippen molar-refractivity contribution < 1.29 is 26.7 Å². The monoisotopic (exact) mass is 581 g/mol. The fourth-order valence-electron chi connectivity index (χ4n) is 3.09. The molecule has 2 N–H and O–H groups in total. The lowest BCUT2D eigenvalue weighted by molar-refractivity contribution is -0.104. The lowest BCUT2D eigenvalue weighted by atomic mass is 10.1. The number of likely N-dealkylation sites (N-methyl/N-ethyl adjacent to an activating group) is 1. The smallest absolute Gasteiger partial charge is 0.264 e. The zero-order valence-electron chi connectivity index (χ0n) is 21.5. The van der Waals surface area contributed by atoms with Crippen molar-refractivity contribution >= 4 is 39.6 Å². The maximum Gasteiger partial charge on any atom is 0.264 e. The standard InChI is InChI=1S/C26H30ClF2N5O4S/c1-4-34(3)25(32-17-20(27)18-35)8-5-7-19-11-13-31-26(38-14-6-12-30-2)23(15-19)33-39(36,37)24-10-9-21(28)16-22(24)29/h4-5,8-11,15-18,30,33H,1,6-7,12-14H2,2-3H3/b8-5-,20-17+,32-25-. The van der Waals surface area contributed by atoms with Crippen molar-refractivity contribution in [2.45, 2.75) is 17.7 Å². The summed E-state index contributed by atoms with van der Waals surface area (Å²) in [5.41, 5.74) is 0.668. The van der Waals surface area contributed by atoms with Gasteiger partial charge in [-0.2, -0.15) is 0 Å². The molecule has 9 nitrogen and oxygen atoms in total. The molecule has 2 rings (SSSR count). The van der Waals surface area contributed by atoms with E-state index in [1.807, 2.05) is 0 Å². The average molecular weight is 582 g/mol. The summed E-state index contributed by atoms with van der Waals surface area (Å²) in [5.74, 6) is -1.66. The Kier molecular flexibility index (Phi) is 12.7. The number of rotatable bonds is 13. The van der Waals surface area contributed by atoms with Gasteiger partial charge in [-0.3, -0.25) is 9.52 Å². The number of allylic oxidation sites excluding steroid dienone is 4. The van der Waals surface area contributed by atoms with Crippen molar-refractivity contribution in [3.63, 3.8) is 0 Å². The van der Waals surface area contributed by atoms with Crippen LogP contribution in [-0.4, -0.2) is 65.1 Å². The molecule has 1 aliphatic rings. The number of ether oxygens (including phenoxy) is 1. The Hall–Kier alpha value is -3.61. The van der Waals surface area contributed by atoms with Crippen LogP contribution in [0.1, 0.15) is 12.8 Å². The number of aliphatic imine (C=N–C) groups is 2. The number of sulfonamides is 1. The number of amidine groups is 1. The minimum atomic E-state index is -4.44. The van der Waals surface area contributed by atoms with Crippen molar-refractivity contribution in [2.75, 3.05) is 33.8 Å². The van der Waals surface area contributed by atoms with E-state index in [2.05, 4.69) is 26.6 Å². The normalized spacial score (nSPS) is 14.7. The highest BCUT2D eigenvalue weighted by atomic mass is 35.5. The topological polar surface area (TPSA) is 112 Å². The van der Waals surface area contributed by atoms with E-state index in [1.54, 1.807) is 37.2 Å². The first-order valence-corrected chi connectivity index (χ1v) is 13.6. The molecule has 0 bridgehead atoms. The van der Waals surface area contributed by atoms with Crippen LogP contribution < -0.4 is 10.0 Å². The largest absolute Gasteiger partial charge is 0.476 e. The first-order chi connectivity index (χ1) is 18.6. The molecule has 1 aliphatic heterocycles. The maximum absolute atomic E-state index is 14.3. The maximum atomic E-state index is 14.3. The second-order valence-corrected chi connectivity index (χ2v) is 10.1. The highest BCUT2D eigenvalue weighted by Crippen LogP contribution is 2.19. The Bertz CT molecular complexity index is 1340. The van der Waals surface area contributed by atoms with Crippen molar-refractivity contribution in [1.82, 2.24) is 14.9 Å². The second-order valence-electron chi connectivity index (χ2n) is 7.99. The summed E-state index contributed by atoms with van der Waals surface area (Å²) in [5, 5.41) is 2.90. The van der Waals surface area contributed by atoms with Gasteiger partial charge in [0.1, 0.15) is 28.1 Å². The van der Waals surface area contributed by atoms with Gasteiger partial charge >= 0.3 is 0 Å². The Balaban J connectivity index is 2.35. The van der Waals surface area contributed by atoms with Crippen LogP contribution >= 0.6 is 11.6 Å². The predicted octanol–water partition coefficient (Wildman–Crippen LogP) is 3.79. The van der Waals surface area contributed by atoms with Gasteiger partial charge in [0.05, 0.1) is 24.4 Å². The van der Waals surface area contributed by atoms with Crippen LogP contribution in [0, 0.1) is 11.6 Å². The van der Waals surface area contributed by atoms with Crippen molar-refractivity contribution in [3.8, 4) is 0 Å². The summed E-state index contributed by atoms with van der Waals surface area (Å²) in [7, 11) is -0.948. The molecule has 0 fully saturated rings. The van der Waals surface area contributed by atoms with Gasteiger partial charge in [0.25, 0.3) is 10.0 Å². The van der Waals surface area contributed by atoms with Gasteiger partial charge in [-0.25, -0.2) is 27.2 Å². The minimum Gasteiger partial charge on any atom is -0.476 e. The van der Waals surface area contributed by atoms with Crippen molar-refractivity contribution in [1.29, 1.82) is 0 Å². The van der Waals surface area contributed by atoms with E-state index >= 15 is 0 Å². The Morgan fingerprint density at radius 1 is 1.36 bits per heavy atom. The van der Waals surface area contributed by atoms with E-state index < -0.39 is 26.6 Å². The molecule has 0 radical (unpaired) electrons. The molecule has 1 aromatic carbocycles. The van der Waals surface area contributed by atoms with Gasteiger partial charge in [-0.05, 0) is 62.5 Å². The van der Waals surface area contributed by atoms with Gasteiger partial charge < -0.3 is 15.0 Å². The average Bonchev–Trinajstić information content (AvgIpc) is 3.08. The SMILES string of the molecule is C=CN(C)C(/C=C\CC1=CCN=C(OCCCNC)C(NS(=O)(=O)c2ccc(F)cc2F)=C1)=N\C=C(\Cl)C=O. The van der Waals surface area contributed by atoms with Gasteiger partial charge in [-0.1, -0.05) is 30.3 Å². The molecule has 0 amide bonds. The molecule has 39 heavy (non-hydrogen) atoms. The fraction of sp³-hybridized carbons (Fsp3) is 0.269. The van der Waals surface area contributed by atoms with Crippen LogP contribution in [0.5, 0.6) is 0 Å². The van der Waals surface area contributed by atoms with E-state index in [4.69, 9.17) is 16.3 Å². The van der Waals surface area contributed by atoms with E-state index in [1.165, 1.54) is 18.5 Å². The van der Waals surface area contributed by atoms with Crippen LogP contribution in [0.4, 0.5) is 8.78 Å². The molecule has 0 aromatic heterocycles. The molecule has 1 aromatic rings. The van der Waals surface area contributed by atoms with Crippen LogP contribution in [0.25, 0.3) is 0 Å². The molecule has 0 atom stereocenters. The highest BCUT2D eigenvalue weighted by molar-refractivity contribution is 7.89. The molecule has 0 spiro atoms. The quantitative estimate of drug-likeness (QED) is 0.120. The number of aldehydes is 1. The number of hydrogen-bond acceptors (Lipinski definition) is 7. The third kappa shape index (κ3) is 10.2. The number of halogens is 3. The van der Waals surface area contributed by atoms with Gasteiger partial charge in [0.15, 0.2) is 6.29 Å². The number of nitrogens with one attached hydrogen (secondary N) is 2. The summed E-state index contributed by atoms with van der Waals surface area (Å²) in [6, 6.07) is 2.19. The van der Waals surface area contributed by atoms with E-state index in [9.17, 15) is 22.0 Å². The van der Waals surface area contributed by atoms with Gasteiger partial charge in [-0.15, -0.1) is 0 Å². The van der Waals surface area contributed by atoms with E-state index in [-0.39, 0.29) is 29.8 Å². The summed E-state index contributed by atoms with van der Waals surface area (Å²) < 4.78 is 61.7. The fourth-order valence-corrected chi connectivity index (χ4v) is 4.25. The predicted molar refractivity (Wildman–Crippen MR) is 149 cm³/mol. The summed E-state index contributed by atoms with van der Waals surface area (Å²) in [4.78, 5) is 20.1. The van der Waals surface area contributed by atoms with Crippen LogP contribution in [0.15, 0.2) is 92.7 Å². The van der Waals surface area contributed by atoms with E-state index in [0.717, 1.165) is 12.1 Å². The lowest BCUT2D eigenvalue weighted by Crippen LogP contribution is -2.30. The number of carbonyl (C=O) groups excluding carboxylic acids is 1. The van der Waals surface area contributed by atoms with Crippen LogP contribution in [-0.2, 0) is 19.6 Å². The Morgan fingerprint density at radius 2 is 2.13 bits per heavy atom. The third-order valence-corrected chi connectivity index (χ3v) is 6.66. The molecular weight excluding hydrogens is 552 g/mol. The molecule has 0 saturated heterocycles. The summed E-state index contributed by atoms with van der Waals surface area (Å²) in [6.45, 7) is 4.81. The van der Waals surface area contributed by atoms with Crippen molar-refractivity contribution in [2.24, 2.45) is 9.98 Å². The number of nitrogens with zero attached hydrogens (tertiary/aromatic N) is 3. The molecular formula is C26H30ClF2N5O4S. The molecule has 210 valence electrons. The van der Waals surface area contributed by atoms with Crippen molar-refractivity contribution in [3.05, 3.63) is 89.4 Å². The molecule has 0 saturated carbocycles. The van der Waals surface area contributed by atoms with Crippen LogP contribution in [0.2, 0.25) is 0 Å². The Labute approximate surface area is 232 Å². The number of hydrogen-bond donors (Lipinski definition) is 2. The molecule has 0 aliphatic carbocycles. The molecule has 0 unspecified atom stereocenters. The first-order valence-electron chi connectivity index (χ1n) is 11.7. The first kappa shape index (κ1) is 31.6. The zero-order valence-corrected chi connectivity index (χ0v) is 23.1. The van der Waals surface area contributed by atoms with Gasteiger partial charge in [0, 0.05) is 13.1 Å². The van der Waals surface area contributed by atoms with Gasteiger partial charge in [0.2, 0.25) is 5.90 Å². The zero-order chi connectivity index (χ0) is 28.8. The highest BCUT2D eigenvalue weighted by Gasteiger charge is 2.24. The molecule has 1 heterocycles. The summed E-state index contributed by atoms with van der Waals surface area (Å²) in [6.07, 6.45) is 10.9. The van der Waals surface area contributed by atoms with Crippen LogP contribution in [0.3, 0.4) is 0 Å². The number of benzene rings is 1.